The fraction of sp³-hybridized carbons (Fsp3) is 0.176. The van der Waals surface area contributed by atoms with Crippen LogP contribution in [0.2, 0.25) is 10.2 Å². The zero-order valence-corrected chi connectivity index (χ0v) is 27.0. The van der Waals surface area contributed by atoms with Crippen LogP contribution in [0.1, 0.15) is 43.5 Å². The van der Waals surface area contributed by atoms with Crippen molar-refractivity contribution in [3.63, 3.8) is 0 Å². The van der Waals surface area contributed by atoms with Gasteiger partial charge in [0.05, 0.1) is 64.8 Å². The highest BCUT2D eigenvalue weighted by Gasteiger charge is 2.24. The number of hydrogen-bond donors (Lipinski definition) is 1. The standard InChI is InChI=1S/C34H26Cl2N10O2/c1-20-4-2-7-30(44-19-39-26(15-32(44)47)25-14-23(35)8-9-29(25)46-18-31(36)41-43-46)27-13-22(10-11-38-27)33-28(40-34(20)48)17-45(42-33)24-6-3-5-21(12-24)16-37/h3,5-6,8-15,17-20,30H,2,4,7H2,1H3,(H,40,48)/t20-,30+/m1/s1. The van der Waals surface area contributed by atoms with E-state index in [0.717, 1.165) is 0 Å². The van der Waals surface area contributed by atoms with Crippen molar-refractivity contribution in [2.75, 3.05) is 5.32 Å². The van der Waals surface area contributed by atoms with Gasteiger partial charge in [0.2, 0.25) is 5.91 Å². The lowest BCUT2D eigenvalue weighted by Crippen LogP contribution is -2.27. The molecule has 0 fully saturated rings. The van der Waals surface area contributed by atoms with Crippen molar-refractivity contribution in [1.29, 1.82) is 5.26 Å². The Morgan fingerprint density at radius 2 is 1.85 bits per heavy atom. The van der Waals surface area contributed by atoms with E-state index < -0.39 is 6.04 Å². The first kappa shape index (κ1) is 31.0. The number of halogens is 2. The third kappa shape index (κ3) is 6.09. The fourth-order valence-electron chi connectivity index (χ4n) is 5.81. The normalized spacial score (nSPS) is 16.2. The highest BCUT2D eigenvalue weighted by atomic mass is 35.5. The van der Waals surface area contributed by atoms with Gasteiger partial charge in [0.15, 0.2) is 5.15 Å². The molecule has 1 aliphatic rings. The molecule has 0 saturated carbocycles. The maximum atomic E-state index is 13.9. The molecule has 2 aromatic carbocycles. The average molecular weight is 678 g/mol. The van der Waals surface area contributed by atoms with E-state index in [4.69, 9.17) is 28.3 Å². The number of carbonyl (C=O) groups is 1. The molecule has 2 atom stereocenters. The van der Waals surface area contributed by atoms with Crippen LogP contribution in [-0.4, -0.2) is 45.2 Å². The van der Waals surface area contributed by atoms with E-state index in [2.05, 4.69) is 31.7 Å². The second-order valence-electron chi connectivity index (χ2n) is 11.5. The van der Waals surface area contributed by atoms with E-state index >= 15 is 0 Å². The summed E-state index contributed by atoms with van der Waals surface area (Å²) in [6.45, 7) is 1.88. The molecule has 6 aromatic rings. The SMILES string of the molecule is C[C@@H]1CCC[C@H](n2cnc(-c3cc(Cl)ccc3-n3cc(Cl)nn3)cc2=O)c2cc(ccn2)-c2nn(-c3cccc(C#N)c3)cc2NC1=O. The van der Waals surface area contributed by atoms with E-state index in [1.807, 2.05) is 25.1 Å². The van der Waals surface area contributed by atoms with Gasteiger partial charge in [-0.2, -0.15) is 10.4 Å². The van der Waals surface area contributed by atoms with Crippen LogP contribution in [0.3, 0.4) is 0 Å². The number of carbonyl (C=O) groups excluding carboxylic acids is 1. The molecule has 1 aliphatic heterocycles. The first-order valence-electron chi connectivity index (χ1n) is 15.1. The summed E-state index contributed by atoms with van der Waals surface area (Å²) in [5.41, 5.74) is 4.86. The smallest absolute Gasteiger partial charge is 0.254 e. The van der Waals surface area contributed by atoms with E-state index in [0.29, 0.717) is 75.1 Å². The number of hydrogen-bond acceptors (Lipinski definition) is 8. The zero-order chi connectivity index (χ0) is 33.4. The minimum Gasteiger partial charge on any atom is -0.323 e. The van der Waals surface area contributed by atoms with Gasteiger partial charge in [0.25, 0.3) is 5.56 Å². The third-order valence-corrected chi connectivity index (χ3v) is 8.70. The van der Waals surface area contributed by atoms with Gasteiger partial charge in [-0.1, -0.05) is 47.8 Å². The van der Waals surface area contributed by atoms with E-state index in [1.165, 1.54) is 17.1 Å². The summed E-state index contributed by atoms with van der Waals surface area (Å²) >= 11 is 12.4. The molecule has 1 amide bonds. The van der Waals surface area contributed by atoms with Crippen LogP contribution >= 0.6 is 23.2 Å². The summed E-state index contributed by atoms with van der Waals surface area (Å²) < 4.78 is 4.70. The third-order valence-electron chi connectivity index (χ3n) is 8.29. The lowest BCUT2D eigenvalue weighted by molar-refractivity contribution is -0.119. The Balaban J connectivity index is 1.31. The number of amides is 1. The van der Waals surface area contributed by atoms with Crippen LogP contribution in [0.4, 0.5) is 5.69 Å². The highest BCUT2D eigenvalue weighted by Crippen LogP contribution is 2.33. The van der Waals surface area contributed by atoms with Crippen molar-refractivity contribution < 1.29 is 4.79 Å². The number of nitrogens with zero attached hydrogens (tertiary/aromatic N) is 9. The Morgan fingerprint density at radius 3 is 2.65 bits per heavy atom. The van der Waals surface area contributed by atoms with Crippen molar-refractivity contribution in [3.05, 3.63) is 117 Å². The van der Waals surface area contributed by atoms with Gasteiger partial charge in [0.1, 0.15) is 5.69 Å². The maximum absolute atomic E-state index is 13.9. The lowest BCUT2D eigenvalue weighted by atomic mass is 9.97. The van der Waals surface area contributed by atoms with Crippen molar-refractivity contribution in [1.82, 2.24) is 39.3 Å². The summed E-state index contributed by atoms with van der Waals surface area (Å²) in [6, 6.07) is 19.1. The second-order valence-corrected chi connectivity index (χ2v) is 12.3. The molecule has 5 heterocycles. The molecule has 0 aliphatic carbocycles. The molecule has 12 nitrogen and oxygen atoms in total. The summed E-state index contributed by atoms with van der Waals surface area (Å²) in [7, 11) is 0. The minimum atomic E-state index is -0.473. The van der Waals surface area contributed by atoms with Crippen molar-refractivity contribution >= 4 is 34.8 Å². The monoisotopic (exact) mass is 676 g/mol. The topological polar surface area (TPSA) is 149 Å². The molecule has 238 valence electrons. The van der Waals surface area contributed by atoms with Crippen LogP contribution in [0.5, 0.6) is 0 Å². The maximum Gasteiger partial charge on any atom is 0.254 e. The molecule has 0 spiro atoms. The van der Waals surface area contributed by atoms with Gasteiger partial charge in [-0.15, -0.1) is 5.10 Å². The molecule has 48 heavy (non-hydrogen) atoms. The Labute approximate surface area is 284 Å². The Hall–Kier alpha value is -5.64. The summed E-state index contributed by atoms with van der Waals surface area (Å²) in [5, 5.41) is 25.9. The Kier molecular flexibility index (Phi) is 8.31. The highest BCUT2D eigenvalue weighted by molar-refractivity contribution is 6.31. The first-order valence-corrected chi connectivity index (χ1v) is 15.9. The van der Waals surface area contributed by atoms with Crippen LogP contribution in [-0.2, 0) is 4.79 Å². The number of fused-ring (bicyclic) bond motifs is 4. The lowest BCUT2D eigenvalue weighted by Gasteiger charge is -2.22. The van der Waals surface area contributed by atoms with Gasteiger partial charge in [-0.25, -0.2) is 14.3 Å². The first-order chi connectivity index (χ1) is 23.3. The van der Waals surface area contributed by atoms with E-state index in [-0.39, 0.29) is 22.5 Å². The van der Waals surface area contributed by atoms with Crippen molar-refractivity contribution in [3.8, 4) is 40.0 Å². The summed E-state index contributed by atoms with van der Waals surface area (Å²) in [4.78, 5) is 36.5. The van der Waals surface area contributed by atoms with Crippen LogP contribution in [0.15, 0.2) is 90.4 Å². The predicted octanol–water partition coefficient (Wildman–Crippen LogP) is 6.27. The molecule has 14 heteroatoms. The van der Waals surface area contributed by atoms with Crippen LogP contribution in [0, 0.1) is 17.2 Å². The number of benzene rings is 2. The van der Waals surface area contributed by atoms with E-state index in [1.54, 1.807) is 64.2 Å². The van der Waals surface area contributed by atoms with Gasteiger partial charge >= 0.3 is 0 Å². The quantitative estimate of drug-likeness (QED) is 0.230. The molecule has 0 unspecified atom stereocenters. The number of pyridine rings is 1. The molecule has 0 saturated heterocycles. The van der Waals surface area contributed by atoms with Crippen molar-refractivity contribution in [2.24, 2.45) is 5.92 Å². The van der Waals surface area contributed by atoms with Gasteiger partial charge in [-0.05, 0) is 61.4 Å². The van der Waals surface area contributed by atoms with Gasteiger partial charge in [-0.3, -0.25) is 19.1 Å². The second kappa shape index (κ2) is 12.9. The van der Waals surface area contributed by atoms with E-state index in [9.17, 15) is 14.9 Å². The van der Waals surface area contributed by atoms with Gasteiger partial charge < -0.3 is 5.32 Å². The largest absolute Gasteiger partial charge is 0.323 e. The number of rotatable bonds is 4. The number of nitriles is 1. The molecule has 1 N–H and O–H groups in total. The average Bonchev–Trinajstić information content (AvgIpc) is 3.72. The number of anilines is 1. The Morgan fingerprint density at radius 1 is 0.979 bits per heavy atom. The zero-order valence-electron chi connectivity index (χ0n) is 25.5. The number of aromatic nitrogens is 8. The molecular weight excluding hydrogens is 651 g/mol. The van der Waals surface area contributed by atoms with Gasteiger partial charge in [0, 0.05) is 34.3 Å². The molecule has 4 aromatic heterocycles. The minimum absolute atomic E-state index is 0.137. The molecule has 2 bridgehead atoms. The van der Waals surface area contributed by atoms with Crippen LogP contribution < -0.4 is 10.9 Å². The molecule has 7 rings (SSSR count). The number of nitrogens with one attached hydrogen (secondary N) is 1. The molecular formula is C34H26Cl2N10O2. The summed E-state index contributed by atoms with van der Waals surface area (Å²) in [6.07, 6.45) is 8.25. The predicted molar refractivity (Wildman–Crippen MR) is 180 cm³/mol. The Bertz CT molecular complexity index is 2290. The van der Waals surface area contributed by atoms with Crippen molar-refractivity contribution in [2.45, 2.75) is 32.2 Å². The molecule has 0 radical (unpaired) electrons. The fourth-order valence-corrected chi connectivity index (χ4v) is 6.10. The summed E-state index contributed by atoms with van der Waals surface area (Å²) in [5.74, 6) is -0.444. The van der Waals surface area contributed by atoms with Crippen LogP contribution in [0.25, 0.3) is 33.9 Å².